The number of benzene rings is 1. The van der Waals surface area contributed by atoms with Gasteiger partial charge < -0.3 is 10.6 Å². The molecule has 2 aromatic rings. The topological polar surface area (TPSA) is 42.2 Å². The summed E-state index contributed by atoms with van der Waals surface area (Å²) in [7, 11) is 0. The Kier molecular flexibility index (Phi) is 3.60. The van der Waals surface area contributed by atoms with Gasteiger partial charge in [0.25, 0.3) is 0 Å². The number of nitrogens with two attached hydrogens (primary N) is 1. The number of nitrogens with zero attached hydrogens (tertiary/aromatic N) is 2. The highest BCUT2D eigenvalue weighted by atomic mass is 15.1. The van der Waals surface area contributed by atoms with E-state index in [9.17, 15) is 0 Å². The minimum absolute atomic E-state index is 0.797. The molecule has 0 atom stereocenters. The Morgan fingerprint density at radius 2 is 1.94 bits per heavy atom. The maximum Gasteiger partial charge on any atom is 0.0444 e. The molecule has 17 heavy (non-hydrogen) atoms. The summed E-state index contributed by atoms with van der Waals surface area (Å²) in [6.45, 7) is 3.97. The molecule has 0 amide bonds. The predicted octanol–water partition coefficient (Wildman–Crippen LogP) is 2.69. The van der Waals surface area contributed by atoms with Crippen LogP contribution in [-0.2, 0) is 6.54 Å². The number of hydrogen-bond donors (Lipinski definition) is 1. The van der Waals surface area contributed by atoms with Crippen molar-refractivity contribution in [2.75, 3.05) is 17.2 Å². The van der Waals surface area contributed by atoms with Crippen molar-refractivity contribution in [1.29, 1.82) is 0 Å². The second-order valence-electron chi connectivity index (χ2n) is 3.97. The van der Waals surface area contributed by atoms with Crippen molar-refractivity contribution >= 4 is 11.4 Å². The first-order valence-electron chi connectivity index (χ1n) is 5.79. The Morgan fingerprint density at radius 3 is 2.53 bits per heavy atom. The Bertz CT molecular complexity index is 451. The van der Waals surface area contributed by atoms with Crippen molar-refractivity contribution in [3.8, 4) is 0 Å². The highest BCUT2D eigenvalue weighted by Crippen LogP contribution is 2.18. The molecule has 0 saturated heterocycles. The van der Waals surface area contributed by atoms with Gasteiger partial charge in [-0.2, -0.15) is 0 Å². The van der Waals surface area contributed by atoms with E-state index in [-0.39, 0.29) is 0 Å². The van der Waals surface area contributed by atoms with Crippen LogP contribution < -0.4 is 10.6 Å². The van der Waals surface area contributed by atoms with Crippen LogP contribution in [0, 0.1) is 0 Å². The molecule has 0 saturated carbocycles. The van der Waals surface area contributed by atoms with E-state index in [0.29, 0.717) is 0 Å². The lowest BCUT2D eigenvalue weighted by Crippen LogP contribution is -2.21. The minimum Gasteiger partial charge on any atom is -0.399 e. The van der Waals surface area contributed by atoms with E-state index in [1.807, 2.05) is 24.4 Å². The standard InChI is InChI=1S/C14H17N3/c1-2-17(11-12-4-3-9-16-10-12)14-7-5-13(15)6-8-14/h3-10H,2,11,15H2,1H3. The Morgan fingerprint density at radius 1 is 1.18 bits per heavy atom. The first-order chi connectivity index (χ1) is 8.29. The lowest BCUT2D eigenvalue weighted by atomic mass is 10.2. The van der Waals surface area contributed by atoms with E-state index in [2.05, 4.69) is 35.0 Å². The molecule has 0 aliphatic rings. The molecule has 0 spiro atoms. The zero-order valence-corrected chi connectivity index (χ0v) is 10.0. The Hall–Kier alpha value is -2.03. The van der Waals surface area contributed by atoms with E-state index in [1.165, 1.54) is 11.3 Å². The van der Waals surface area contributed by atoms with E-state index in [0.717, 1.165) is 18.8 Å². The van der Waals surface area contributed by atoms with Gasteiger partial charge in [-0.05, 0) is 42.8 Å². The third-order valence-electron chi connectivity index (χ3n) is 2.74. The molecule has 3 nitrogen and oxygen atoms in total. The van der Waals surface area contributed by atoms with Crippen LogP contribution >= 0.6 is 0 Å². The average Bonchev–Trinajstić information content (AvgIpc) is 2.38. The monoisotopic (exact) mass is 227 g/mol. The molecule has 0 radical (unpaired) electrons. The SMILES string of the molecule is CCN(Cc1cccnc1)c1ccc(N)cc1. The van der Waals surface area contributed by atoms with Crippen molar-refractivity contribution in [3.05, 3.63) is 54.4 Å². The number of nitrogen functional groups attached to an aromatic ring is 1. The largest absolute Gasteiger partial charge is 0.399 e. The van der Waals surface area contributed by atoms with Crippen LogP contribution in [0.15, 0.2) is 48.8 Å². The van der Waals surface area contributed by atoms with Gasteiger partial charge in [-0.3, -0.25) is 4.98 Å². The zero-order chi connectivity index (χ0) is 12.1. The average molecular weight is 227 g/mol. The van der Waals surface area contributed by atoms with Crippen molar-refractivity contribution in [2.24, 2.45) is 0 Å². The van der Waals surface area contributed by atoms with Gasteiger partial charge in [0.15, 0.2) is 0 Å². The van der Waals surface area contributed by atoms with Crippen LogP contribution in [-0.4, -0.2) is 11.5 Å². The van der Waals surface area contributed by atoms with Crippen LogP contribution in [0.5, 0.6) is 0 Å². The van der Waals surface area contributed by atoms with Gasteiger partial charge in [-0.25, -0.2) is 0 Å². The third kappa shape index (κ3) is 2.97. The first-order valence-corrected chi connectivity index (χ1v) is 5.79. The number of anilines is 2. The van der Waals surface area contributed by atoms with Gasteiger partial charge in [0.1, 0.15) is 0 Å². The van der Waals surface area contributed by atoms with Crippen LogP contribution in [0.25, 0.3) is 0 Å². The molecule has 0 aliphatic heterocycles. The van der Waals surface area contributed by atoms with Crippen LogP contribution in [0.4, 0.5) is 11.4 Å². The molecular weight excluding hydrogens is 210 g/mol. The Balaban J connectivity index is 2.14. The van der Waals surface area contributed by atoms with Gasteiger partial charge in [0.2, 0.25) is 0 Å². The highest BCUT2D eigenvalue weighted by molar-refractivity contribution is 5.53. The minimum atomic E-state index is 0.797. The molecule has 2 rings (SSSR count). The second-order valence-corrected chi connectivity index (χ2v) is 3.97. The fourth-order valence-electron chi connectivity index (χ4n) is 1.78. The molecule has 0 aliphatic carbocycles. The maximum absolute atomic E-state index is 5.69. The van der Waals surface area contributed by atoms with Crippen molar-refractivity contribution in [3.63, 3.8) is 0 Å². The molecule has 0 fully saturated rings. The Labute approximate surface area is 102 Å². The smallest absolute Gasteiger partial charge is 0.0444 e. The van der Waals surface area contributed by atoms with E-state index < -0.39 is 0 Å². The second kappa shape index (κ2) is 5.34. The molecule has 0 unspecified atom stereocenters. The lowest BCUT2D eigenvalue weighted by molar-refractivity contribution is 0.828. The van der Waals surface area contributed by atoms with Crippen molar-refractivity contribution < 1.29 is 0 Å². The summed E-state index contributed by atoms with van der Waals surface area (Å²) in [6, 6.07) is 12.0. The summed E-state index contributed by atoms with van der Waals surface area (Å²) < 4.78 is 0. The summed E-state index contributed by atoms with van der Waals surface area (Å²) in [5.74, 6) is 0. The van der Waals surface area contributed by atoms with E-state index in [1.54, 1.807) is 6.20 Å². The van der Waals surface area contributed by atoms with E-state index >= 15 is 0 Å². The van der Waals surface area contributed by atoms with Gasteiger partial charge >= 0.3 is 0 Å². The molecular formula is C14H17N3. The molecule has 0 bridgehead atoms. The molecule has 2 N–H and O–H groups in total. The van der Waals surface area contributed by atoms with Crippen LogP contribution in [0.2, 0.25) is 0 Å². The fourth-order valence-corrected chi connectivity index (χ4v) is 1.78. The molecule has 1 aromatic carbocycles. The molecule has 3 heteroatoms. The number of aromatic nitrogens is 1. The first kappa shape index (κ1) is 11.5. The van der Waals surface area contributed by atoms with Crippen LogP contribution in [0.1, 0.15) is 12.5 Å². The summed E-state index contributed by atoms with van der Waals surface area (Å²) in [6.07, 6.45) is 3.70. The summed E-state index contributed by atoms with van der Waals surface area (Å²) in [4.78, 5) is 6.42. The third-order valence-corrected chi connectivity index (χ3v) is 2.74. The van der Waals surface area contributed by atoms with Gasteiger partial charge in [0, 0.05) is 36.9 Å². The fraction of sp³-hybridized carbons (Fsp3) is 0.214. The molecule has 88 valence electrons. The molecule has 1 aromatic heterocycles. The number of pyridine rings is 1. The van der Waals surface area contributed by atoms with E-state index in [4.69, 9.17) is 5.73 Å². The summed E-state index contributed by atoms with van der Waals surface area (Å²) >= 11 is 0. The van der Waals surface area contributed by atoms with Crippen molar-refractivity contribution in [1.82, 2.24) is 4.98 Å². The van der Waals surface area contributed by atoms with Crippen LogP contribution in [0.3, 0.4) is 0 Å². The van der Waals surface area contributed by atoms with Crippen molar-refractivity contribution in [2.45, 2.75) is 13.5 Å². The van der Waals surface area contributed by atoms with Gasteiger partial charge in [-0.1, -0.05) is 6.07 Å². The van der Waals surface area contributed by atoms with Gasteiger partial charge in [0.05, 0.1) is 0 Å². The molecule has 1 heterocycles. The van der Waals surface area contributed by atoms with Gasteiger partial charge in [-0.15, -0.1) is 0 Å². The predicted molar refractivity (Wildman–Crippen MR) is 71.8 cm³/mol. The summed E-state index contributed by atoms with van der Waals surface area (Å²) in [5.41, 5.74) is 8.89. The number of hydrogen-bond acceptors (Lipinski definition) is 3. The zero-order valence-electron chi connectivity index (χ0n) is 10.0. The summed E-state index contributed by atoms with van der Waals surface area (Å²) in [5, 5.41) is 0. The quantitative estimate of drug-likeness (QED) is 0.816. The maximum atomic E-state index is 5.69. The highest BCUT2D eigenvalue weighted by Gasteiger charge is 2.04. The lowest BCUT2D eigenvalue weighted by Gasteiger charge is -2.23. The normalized spacial score (nSPS) is 10.2. The number of rotatable bonds is 4.